The van der Waals surface area contributed by atoms with Crippen molar-refractivity contribution in [2.75, 3.05) is 6.61 Å². The second-order valence-electron chi connectivity index (χ2n) is 7.00. The van der Waals surface area contributed by atoms with Crippen molar-refractivity contribution in [2.45, 2.75) is 48.8 Å². The Bertz CT molecular complexity index is 935. The minimum Gasteiger partial charge on any atom is -0.465 e. The lowest BCUT2D eigenvalue weighted by Crippen LogP contribution is -2.41. The van der Waals surface area contributed by atoms with Crippen molar-refractivity contribution in [1.82, 2.24) is 0 Å². The van der Waals surface area contributed by atoms with Gasteiger partial charge in [0.15, 0.2) is 9.84 Å². The zero-order valence-electron chi connectivity index (χ0n) is 15.8. The van der Waals surface area contributed by atoms with E-state index in [1.54, 1.807) is 31.2 Å². The van der Waals surface area contributed by atoms with Crippen molar-refractivity contribution >= 4 is 15.8 Å². The minimum atomic E-state index is -3.79. The highest BCUT2D eigenvalue weighted by Gasteiger charge is 2.74. The van der Waals surface area contributed by atoms with E-state index >= 15 is 0 Å². The van der Waals surface area contributed by atoms with E-state index in [9.17, 15) is 13.2 Å². The third kappa shape index (κ3) is 3.28. The Morgan fingerprint density at radius 3 is 2.19 bits per heavy atom. The summed E-state index contributed by atoms with van der Waals surface area (Å²) in [4.78, 5) is 12.7. The Morgan fingerprint density at radius 2 is 1.67 bits per heavy atom. The minimum absolute atomic E-state index is 0.149. The number of rotatable bonds is 6. The molecule has 1 aliphatic carbocycles. The molecule has 2 N–H and O–H groups in total. The molecule has 27 heavy (non-hydrogen) atoms. The standard InChI is InChI=1S/C21H25NO4S/c1-4-15-8-10-16(11-9-15)18-19(21(18,22)20(23)26-5-2)27(24,25)17-12-6-14(3)7-13-17/h6-13,18-19H,4-5,22H2,1-3H3/t18-,19+,21-/m1/s1. The molecule has 0 heterocycles. The van der Waals surface area contributed by atoms with E-state index in [1.165, 1.54) is 0 Å². The maximum absolute atomic E-state index is 13.2. The molecule has 1 saturated carbocycles. The summed E-state index contributed by atoms with van der Waals surface area (Å²) in [6, 6.07) is 14.2. The summed E-state index contributed by atoms with van der Waals surface area (Å²) >= 11 is 0. The Balaban J connectivity index is 2.04. The molecule has 2 aromatic carbocycles. The van der Waals surface area contributed by atoms with Gasteiger partial charge in [0, 0.05) is 5.92 Å². The molecule has 0 spiro atoms. The lowest BCUT2D eigenvalue weighted by molar-refractivity contribution is -0.145. The van der Waals surface area contributed by atoms with Gasteiger partial charge in [-0.05, 0) is 43.5 Å². The first-order valence-corrected chi connectivity index (χ1v) is 10.7. The molecule has 1 aliphatic rings. The summed E-state index contributed by atoms with van der Waals surface area (Å²) in [6.45, 7) is 5.76. The zero-order valence-corrected chi connectivity index (χ0v) is 16.6. The van der Waals surface area contributed by atoms with E-state index in [1.807, 2.05) is 38.1 Å². The van der Waals surface area contributed by atoms with E-state index in [0.717, 1.165) is 23.1 Å². The summed E-state index contributed by atoms with van der Waals surface area (Å²) < 4.78 is 31.6. The Labute approximate surface area is 160 Å². The number of aryl methyl sites for hydroxylation is 2. The highest BCUT2D eigenvalue weighted by atomic mass is 32.2. The quantitative estimate of drug-likeness (QED) is 0.770. The average Bonchev–Trinajstić information content (AvgIpc) is 3.31. The number of esters is 1. The van der Waals surface area contributed by atoms with Gasteiger partial charge in [-0.1, -0.05) is 48.9 Å². The molecule has 0 radical (unpaired) electrons. The SMILES string of the molecule is CCOC(=O)[C@@]1(N)[C@H](c2ccc(CC)cc2)[C@@H]1S(=O)(=O)c1ccc(C)cc1. The zero-order chi connectivity index (χ0) is 19.8. The predicted octanol–water partition coefficient (Wildman–Crippen LogP) is 2.76. The summed E-state index contributed by atoms with van der Waals surface area (Å²) in [5.74, 6) is -1.30. The second kappa shape index (κ2) is 7.09. The van der Waals surface area contributed by atoms with Gasteiger partial charge in [0.1, 0.15) is 10.8 Å². The van der Waals surface area contributed by atoms with Crippen molar-refractivity contribution in [2.24, 2.45) is 5.73 Å². The van der Waals surface area contributed by atoms with Gasteiger partial charge in [-0.25, -0.2) is 13.2 Å². The molecule has 0 bridgehead atoms. The van der Waals surface area contributed by atoms with Crippen LogP contribution in [0.25, 0.3) is 0 Å². The molecule has 0 saturated heterocycles. The van der Waals surface area contributed by atoms with Gasteiger partial charge in [0.05, 0.1) is 11.5 Å². The molecule has 6 heteroatoms. The fraction of sp³-hybridized carbons (Fsp3) is 0.381. The summed E-state index contributed by atoms with van der Waals surface area (Å²) in [6.07, 6.45) is 0.877. The monoisotopic (exact) mass is 387 g/mol. The van der Waals surface area contributed by atoms with Crippen LogP contribution in [0.1, 0.15) is 36.5 Å². The first kappa shape index (κ1) is 19.6. The summed E-state index contributed by atoms with van der Waals surface area (Å²) in [5.41, 5.74) is 7.62. The molecule has 3 rings (SSSR count). The van der Waals surface area contributed by atoms with E-state index in [2.05, 4.69) is 0 Å². The van der Waals surface area contributed by atoms with Crippen molar-refractivity contribution in [3.63, 3.8) is 0 Å². The molecule has 0 aliphatic heterocycles. The number of ether oxygens (including phenoxy) is 1. The first-order chi connectivity index (χ1) is 12.8. The van der Waals surface area contributed by atoms with Gasteiger partial charge >= 0.3 is 5.97 Å². The molecule has 0 unspecified atom stereocenters. The maximum atomic E-state index is 13.2. The van der Waals surface area contributed by atoms with Crippen LogP contribution in [0.4, 0.5) is 0 Å². The average molecular weight is 388 g/mol. The predicted molar refractivity (Wildman–Crippen MR) is 104 cm³/mol. The van der Waals surface area contributed by atoms with Crippen LogP contribution >= 0.6 is 0 Å². The molecule has 3 atom stereocenters. The highest BCUT2D eigenvalue weighted by molar-refractivity contribution is 7.92. The second-order valence-corrected chi connectivity index (χ2v) is 9.07. The van der Waals surface area contributed by atoms with E-state index < -0.39 is 32.5 Å². The van der Waals surface area contributed by atoms with Crippen molar-refractivity contribution in [3.05, 3.63) is 65.2 Å². The van der Waals surface area contributed by atoms with E-state index in [-0.39, 0.29) is 11.5 Å². The van der Waals surface area contributed by atoms with Gasteiger partial charge in [0.25, 0.3) is 0 Å². The Kier molecular flexibility index (Phi) is 5.14. The van der Waals surface area contributed by atoms with Crippen LogP contribution in [0.3, 0.4) is 0 Å². The van der Waals surface area contributed by atoms with E-state index in [0.29, 0.717) is 0 Å². The highest BCUT2D eigenvalue weighted by Crippen LogP contribution is 2.56. The third-order valence-electron chi connectivity index (χ3n) is 5.24. The van der Waals surface area contributed by atoms with E-state index in [4.69, 9.17) is 10.5 Å². The molecule has 2 aromatic rings. The number of nitrogens with two attached hydrogens (primary N) is 1. The topological polar surface area (TPSA) is 86.5 Å². The Hall–Kier alpha value is -2.18. The molecular weight excluding hydrogens is 362 g/mol. The Morgan fingerprint density at radius 1 is 1.07 bits per heavy atom. The van der Waals surface area contributed by atoms with Gasteiger partial charge in [0.2, 0.25) is 0 Å². The molecular formula is C21H25NO4S. The summed E-state index contributed by atoms with van der Waals surface area (Å²) in [5, 5.41) is -1.04. The van der Waals surface area contributed by atoms with Crippen molar-refractivity contribution in [1.29, 1.82) is 0 Å². The van der Waals surface area contributed by atoms with Crippen LogP contribution in [0, 0.1) is 6.92 Å². The van der Waals surface area contributed by atoms with Gasteiger partial charge in [-0.15, -0.1) is 0 Å². The normalized spacial score (nSPS) is 24.4. The number of sulfone groups is 1. The van der Waals surface area contributed by atoms with Gasteiger partial charge in [-0.3, -0.25) is 0 Å². The third-order valence-corrected chi connectivity index (χ3v) is 7.50. The lowest BCUT2D eigenvalue weighted by atomic mass is 10.0. The lowest BCUT2D eigenvalue weighted by Gasteiger charge is -2.11. The molecule has 144 valence electrons. The van der Waals surface area contributed by atoms with Crippen LogP contribution in [-0.4, -0.2) is 31.8 Å². The molecule has 5 nitrogen and oxygen atoms in total. The van der Waals surface area contributed by atoms with Crippen LogP contribution in [0.15, 0.2) is 53.4 Å². The van der Waals surface area contributed by atoms with Crippen LogP contribution < -0.4 is 5.73 Å². The largest absolute Gasteiger partial charge is 0.465 e. The number of benzene rings is 2. The van der Waals surface area contributed by atoms with Crippen molar-refractivity contribution in [3.8, 4) is 0 Å². The fourth-order valence-electron chi connectivity index (χ4n) is 3.60. The summed E-state index contributed by atoms with van der Waals surface area (Å²) in [7, 11) is -3.79. The van der Waals surface area contributed by atoms with Crippen LogP contribution in [0.2, 0.25) is 0 Å². The number of carbonyl (C=O) groups excluding carboxylic acids is 1. The number of carbonyl (C=O) groups is 1. The van der Waals surface area contributed by atoms with Crippen molar-refractivity contribution < 1.29 is 17.9 Å². The fourth-order valence-corrected chi connectivity index (χ4v) is 5.82. The smallest absolute Gasteiger partial charge is 0.328 e. The van der Waals surface area contributed by atoms with Crippen LogP contribution in [0.5, 0.6) is 0 Å². The number of hydrogen-bond acceptors (Lipinski definition) is 5. The maximum Gasteiger partial charge on any atom is 0.328 e. The van der Waals surface area contributed by atoms with Gasteiger partial charge in [-0.2, -0.15) is 0 Å². The first-order valence-electron chi connectivity index (χ1n) is 9.12. The van der Waals surface area contributed by atoms with Gasteiger partial charge < -0.3 is 10.5 Å². The van der Waals surface area contributed by atoms with Crippen LogP contribution in [-0.2, 0) is 25.8 Å². The molecule has 0 amide bonds. The molecule has 1 fully saturated rings. The molecule has 0 aromatic heterocycles. The number of hydrogen-bond donors (Lipinski definition) is 1.